The Balaban J connectivity index is 1.40. The molecule has 2 aromatic heterocycles. The Morgan fingerprint density at radius 1 is 0.950 bits per heavy atom. The van der Waals surface area contributed by atoms with Crippen molar-refractivity contribution in [2.75, 3.05) is 11.9 Å². The Hall–Kier alpha value is -4.76. The van der Waals surface area contributed by atoms with Crippen LogP contribution >= 0.6 is 15.9 Å². The van der Waals surface area contributed by atoms with Gasteiger partial charge in [-0.05, 0) is 83.9 Å². The van der Waals surface area contributed by atoms with E-state index in [1.54, 1.807) is 43.3 Å². The number of rotatable bonds is 8. The SMILES string of the molecule is CCOc1ccccc1-c1cc(C(=O)N/N=C(/C)c2cccc(NC(=O)c3ccc(Br)o3)c2)c2ccccc2n1. The molecule has 0 saturated heterocycles. The standard InChI is InChI=1S/C31H25BrN4O4/c1-3-39-27-14-7-5-12-23(27)26-18-24(22-11-4-6-13-25(22)34-26)30(37)36-35-19(2)20-9-8-10-21(17-20)33-31(38)28-15-16-29(32)40-28/h4-18H,3H2,1-2H3,(H,33,38)(H,36,37)/b35-19-. The van der Waals surface area contributed by atoms with Crippen LogP contribution in [0.25, 0.3) is 22.2 Å². The van der Waals surface area contributed by atoms with Crippen LogP contribution in [-0.2, 0) is 0 Å². The molecule has 200 valence electrons. The summed E-state index contributed by atoms with van der Waals surface area (Å²) in [5, 5.41) is 7.85. The first-order valence-electron chi connectivity index (χ1n) is 12.6. The smallest absolute Gasteiger partial charge is 0.291 e. The van der Waals surface area contributed by atoms with Gasteiger partial charge in [0.15, 0.2) is 10.4 Å². The molecule has 0 fully saturated rings. The molecule has 3 aromatic carbocycles. The number of hydrogen-bond acceptors (Lipinski definition) is 6. The number of anilines is 1. The fourth-order valence-corrected chi connectivity index (χ4v) is 4.48. The van der Waals surface area contributed by atoms with Gasteiger partial charge in [-0.25, -0.2) is 10.4 Å². The molecule has 2 heterocycles. The van der Waals surface area contributed by atoms with Gasteiger partial charge in [-0.15, -0.1) is 0 Å². The van der Waals surface area contributed by atoms with E-state index in [2.05, 4.69) is 31.8 Å². The van der Waals surface area contributed by atoms with Gasteiger partial charge < -0.3 is 14.5 Å². The Labute approximate surface area is 239 Å². The lowest BCUT2D eigenvalue weighted by molar-refractivity contribution is 0.0955. The number of carbonyl (C=O) groups is 2. The first-order chi connectivity index (χ1) is 19.4. The van der Waals surface area contributed by atoms with Gasteiger partial charge in [0.25, 0.3) is 11.8 Å². The number of halogens is 1. The lowest BCUT2D eigenvalue weighted by atomic mass is 10.0. The molecule has 40 heavy (non-hydrogen) atoms. The number of amides is 2. The number of nitrogens with one attached hydrogen (secondary N) is 2. The van der Waals surface area contributed by atoms with E-state index in [1.807, 2.05) is 61.5 Å². The predicted octanol–water partition coefficient (Wildman–Crippen LogP) is 7.06. The molecule has 0 saturated carbocycles. The molecule has 0 aliphatic carbocycles. The number of aromatic nitrogens is 1. The molecule has 0 unspecified atom stereocenters. The predicted molar refractivity (Wildman–Crippen MR) is 159 cm³/mol. The van der Waals surface area contributed by atoms with Crippen LogP contribution in [0.5, 0.6) is 5.75 Å². The summed E-state index contributed by atoms with van der Waals surface area (Å²) >= 11 is 3.19. The Kier molecular flexibility index (Phi) is 8.02. The lowest BCUT2D eigenvalue weighted by Crippen LogP contribution is -2.20. The third kappa shape index (κ3) is 5.94. The second-order valence-electron chi connectivity index (χ2n) is 8.78. The van der Waals surface area contributed by atoms with Crippen LogP contribution in [0.3, 0.4) is 0 Å². The zero-order valence-electron chi connectivity index (χ0n) is 21.8. The fourth-order valence-electron chi connectivity index (χ4n) is 4.17. The molecule has 9 heteroatoms. The van der Waals surface area contributed by atoms with Crippen molar-refractivity contribution in [1.82, 2.24) is 10.4 Å². The van der Waals surface area contributed by atoms with E-state index >= 15 is 0 Å². The van der Waals surface area contributed by atoms with Gasteiger partial charge >= 0.3 is 0 Å². The summed E-state index contributed by atoms with van der Waals surface area (Å²) in [6.45, 7) is 4.21. The van der Waals surface area contributed by atoms with Gasteiger partial charge in [0.2, 0.25) is 0 Å². The second kappa shape index (κ2) is 12.0. The average molecular weight is 597 g/mol. The molecule has 0 radical (unpaired) electrons. The van der Waals surface area contributed by atoms with Gasteiger partial charge in [-0.1, -0.05) is 42.5 Å². The summed E-state index contributed by atoms with van der Waals surface area (Å²) in [6.07, 6.45) is 0. The van der Waals surface area contributed by atoms with Crippen LogP contribution in [-0.4, -0.2) is 29.1 Å². The highest BCUT2D eigenvalue weighted by molar-refractivity contribution is 9.10. The van der Waals surface area contributed by atoms with E-state index in [9.17, 15) is 9.59 Å². The maximum atomic E-state index is 13.4. The molecule has 0 atom stereocenters. The van der Waals surface area contributed by atoms with E-state index in [0.717, 1.165) is 11.1 Å². The summed E-state index contributed by atoms with van der Waals surface area (Å²) in [7, 11) is 0. The van der Waals surface area contributed by atoms with E-state index in [-0.39, 0.29) is 17.6 Å². The monoisotopic (exact) mass is 596 g/mol. The first kappa shape index (κ1) is 26.8. The largest absolute Gasteiger partial charge is 0.493 e. The number of para-hydroxylation sites is 2. The number of fused-ring (bicyclic) bond motifs is 1. The maximum absolute atomic E-state index is 13.4. The summed E-state index contributed by atoms with van der Waals surface area (Å²) < 4.78 is 11.6. The maximum Gasteiger partial charge on any atom is 0.291 e. The molecule has 8 nitrogen and oxygen atoms in total. The topological polar surface area (TPSA) is 106 Å². The van der Waals surface area contributed by atoms with Crippen LogP contribution in [0, 0.1) is 0 Å². The number of carbonyl (C=O) groups excluding carboxylic acids is 2. The van der Waals surface area contributed by atoms with Crippen molar-refractivity contribution >= 4 is 50.0 Å². The average Bonchev–Trinajstić information content (AvgIpc) is 3.42. The molecule has 5 aromatic rings. The van der Waals surface area contributed by atoms with Crippen LogP contribution in [0.15, 0.2) is 105 Å². The van der Waals surface area contributed by atoms with E-state index < -0.39 is 0 Å². The normalized spacial score (nSPS) is 11.3. The second-order valence-corrected chi connectivity index (χ2v) is 9.56. The molecule has 2 amide bonds. The summed E-state index contributed by atoms with van der Waals surface area (Å²) in [4.78, 5) is 30.7. The van der Waals surface area contributed by atoms with E-state index in [1.165, 1.54) is 0 Å². The highest BCUT2D eigenvalue weighted by Crippen LogP contribution is 2.31. The van der Waals surface area contributed by atoms with Crippen molar-refractivity contribution in [3.05, 3.63) is 113 Å². The lowest BCUT2D eigenvalue weighted by Gasteiger charge is -2.12. The third-order valence-corrected chi connectivity index (χ3v) is 6.51. The minimum atomic E-state index is -0.378. The summed E-state index contributed by atoms with van der Waals surface area (Å²) in [5.41, 5.74) is 7.07. The summed E-state index contributed by atoms with van der Waals surface area (Å²) in [5.74, 6) is 0.125. The van der Waals surface area contributed by atoms with Crippen LogP contribution in [0.4, 0.5) is 5.69 Å². The molecule has 0 aliphatic rings. The first-order valence-corrected chi connectivity index (χ1v) is 13.4. The highest BCUT2D eigenvalue weighted by Gasteiger charge is 2.16. The van der Waals surface area contributed by atoms with E-state index in [0.29, 0.717) is 50.6 Å². The molecule has 0 aliphatic heterocycles. The van der Waals surface area contributed by atoms with Crippen LogP contribution < -0.4 is 15.5 Å². The zero-order chi connectivity index (χ0) is 28.1. The number of furan rings is 1. The van der Waals surface area contributed by atoms with Crippen molar-refractivity contribution < 1.29 is 18.7 Å². The van der Waals surface area contributed by atoms with Crippen molar-refractivity contribution in [2.24, 2.45) is 5.10 Å². The quantitative estimate of drug-likeness (QED) is 0.147. The molecule has 0 bridgehead atoms. The molecular weight excluding hydrogens is 572 g/mol. The van der Waals surface area contributed by atoms with Gasteiger partial charge in [-0.3, -0.25) is 9.59 Å². The number of hydrazone groups is 1. The minimum Gasteiger partial charge on any atom is -0.493 e. The molecule has 2 N–H and O–H groups in total. The Bertz CT molecular complexity index is 1740. The van der Waals surface area contributed by atoms with Gasteiger partial charge in [0.1, 0.15) is 5.75 Å². The van der Waals surface area contributed by atoms with Gasteiger partial charge in [-0.2, -0.15) is 5.10 Å². The van der Waals surface area contributed by atoms with Crippen LogP contribution in [0.1, 0.15) is 40.3 Å². The van der Waals surface area contributed by atoms with Crippen molar-refractivity contribution in [1.29, 1.82) is 0 Å². The third-order valence-electron chi connectivity index (χ3n) is 6.08. The van der Waals surface area contributed by atoms with Gasteiger partial charge in [0, 0.05) is 16.6 Å². The van der Waals surface area contributed by atoms with Crippen molar-refractivity contribution in [3.8, 4) is 17.0 Å². The molecule has 0 spiro atoms. The van der Waals surface area contributed by atoms with E-state index in [4.69, 9.17) is 14.1 Å². The Morgan fingerprint density at radius 3 is 2.55 bits per heavy atom. The fraction of sp³-hybridized carbons (Fsp3) is 0.0968. The number of nitrogens with zero attached hydrogens (tertiary/aromatic N) is 2. The number of ether oxygens (including phenoxy) is 1. The van der Waals surface area contributed by atoms with Gasteiger partial charge in [0.05, 0.1) is 29.1 Å². The summed E-state index contributed by atoms with van der Waals surface area (Å²) in [6, 6.07) is 27.2. The minimum absolute atomic E-state index is 0.183. The molecule has 5 rings (SSSR count). The highest BCUT2D eigenvalue weighted by atomic mass is 79.9. The number of benzene rings is 3. The number of pyridine rings is 1. The molecular formula is C31H25BrN4O4. The van der Waals surface area contributed by atoms with Crippen LogP contribution in [0.2, 0.25) is 0 Å². The number of hydrogen-bond donors (Lipinski definition) is 2. The van der Waals surface area contributed by atoms with Crippen molar-refractivity contribution in [2.45, 2.75) is 13.8 Å². The zero-order valence-corrected chi connectivity index (χ0v) is 23.4. The van der Waals surface area contributed by atoms with Crippen molar-refractivity contribution in [3.63, 3.8) is 0 Å². The Morgan fingerprint density at radius 2 is 1.75 bits per heavy atom.